The molecule has 1 aliphatic heterocycles. The van der Waals surface area contributed by atoms with Gasteiger partial charge in [0.15, 0.2) is 0 Å². The highest BCUT2D eigenvalue weighted by atomic mass is 35.5. The second kappa shape index (κ2) is 7.06. The van der Waals surface area contributed by atoms with Gasteiger partial charge in [-0.1, -0.05) is 29.8 Å². The van der Waals surface area contributed by atoms with Crippen LogP contribution in [-0.4, -0.2) is 11.1 Å². The Bertz CT molecular complexity index is 1080. The first-order valence-electron chi connectivity index (χ1n) is 7.91. The van der Waals surface area contributed by atoms with Crippen molar-refractivity contribution in [3.8, 4) is 11.3 Å². The Morgan fingerprint density at radius 1 is 1.04 bits per heavy atom. The van der Waals surface area contributed by atoms with E-state index in [0.717, 1.165) is 16.7 Å². The van der Waals surface area contributed by atoms with Crippen molar-refractivity contribution >= 4 is 46.3 Å². The molecule has 2 amide bonds. The van der Waals surface area contributed by atoms with Crippen molar-refractivity contribution in [1.82, 2.24) is 0 Å². The molecular formula is C20H11ClFNO3S. The summed E-state index contributed by atoms with van der Waals surface area (Å²) in [6, 6.07) is 16.3. The van der Waals surface area contributed by atoms with Crippen LogP contribution in [0.25, 0.3) is 17.4 Å². The lowest BCUT2D eigenvalue weighted by Gasteiger charge is -2.11. The zero-order chi connectivity index (χ0) is 19.0. The number of hydrogen-bond acceptors (Lipinski definition) is 4. The first-order valence-corrected chi connectivity index (χ1v) is 9.10. The molecule has 0 saturated carbocycles. The molecule has 2 heterocycles. The molecule has 0 radical (unpaired) electrons. The van der Waals surface area contributed by atoms with Crippen LogP contribution in [-0.2, 0) is 4.79 Å². The Kier molecular flexibility index (Phi) is 4.59. The Morgan fingerprint density at radius 2 is 1.81 bits per heavy atom. The molecule has 1 saturated heterocycles. The van der Waals surface area contributed by atoms with Crippen LogP contribution in [0.4, 0.5) is 14.9 Å². The minimum Gasteiger partial charge on any atom is -0.457 e. The summed E-state index contributed by atoms with van der Waals surface area (Å²) in [5, 5.41) is -0.371. The van der Waals surface area contributed by atoms with E-state index < -0.39 is 11.7 Å². The van der Waals surface area contributed by atoms with Gasteiger partial charge in [0.05, 0.1) is 15.6 Å². The molecule has 7 heteroatoms. The van der Waals surface area contributed by atoms with Gasteiger partial charge in [0.2, 0.25) is 0 Å². The van der Waals surface area contributed by atoms with E-state index >= 15 is 0 Å². The lowest BCUT2D eigenvalue weighted by atomic mass is 10.2. The average Bonchev–Trinajstić information content (AvgIpc) is 3.23. The van der Waals surface area contributed by atoms with Crippen LogP contribution in [0.1, 0.15) is 5.76 Å². The van der Waals surface area contributed by atoms with Crippen molar-refractivity contribution in [2.45, 2.75) is 0 Å². The number of thioether (sulfide) groups is 1. The van der Waals surface area contributed by atoms with Gasteiger partial charge in [-0.2, -0.15) is 0 Å². The maximum Gasteiger partial charge on any atom is 0.298 e. The number of benzene rings is 2. The highest BCUT2D eigenvalue weighted by Gasteiger charge is 2.36. The Balaban J connectivity index is 1.61. The Hall–Kier alpha value is -2.83. The number of para-hydroxylation sites is 1. The van der Waals surface area contributed by atoms with Crippen LogP contribution < -0.4 is 4.90 Å². The van der Waals surface area contributed by atoms with Crippen LogP contribution in [0.2, 0.25) is 5.02 Å². The molecule has 0 aliphatic carbocycles. The lowest BCUT2D eigenvalue weighted by molar-refractivity contribution is -0.113. The number of amides is 2. The average molecular weight is 400 g/mol. The normalized spacial score (nSPS) is 15.8. The first kappa shape index (κ1) is 17.6. The van der Waals surface area contributed by atoms with Gasteiger partial charge in [-0.05, 0) is 54.2 Å². The molecule has 0 unspecified atom stereocenters. The molecule has 4 nitrogen and oxygen atoms in total. The highest BCUT2D eigenvalue weighted by molar-refractivity contribution is 8.19. The third-order valence-electron chi connectivity index (χ3n) is 3.91. The molecule has 3 aromatic rings. The first-order chi connectivity index (χ1) is 13.0. The summed E-state index contributed by atoms with van der Waals surface area (Å²) in [5.41, 5.74) is 1.13. The number of halogens is 2. The van der Waals surface area contributed by atoms with Crippen molar-refractivity contribution < 1.29 is 18.4 Å². The largest absolute Gasteiger partial charge is 0.457 e. The summed E-state index contributed by atoms with van der Waals surface area (Å²) >= 11 is 6.65. The predicted molar refractivity (Wildman–Crippen MR) is 104 cm³/mol. The smallest absolute Gasteiger partial charge is 0.298 e. The topological polar surface area (TPSA) is 50.5 Å². The summed E-state index contributed by atoms with van der Waals surface area (Å²) < 4.78 is 19.0. The molecular weight excluding hydrogens is 389 g/mol. The maximum absolute atomic E-state index is 13.3. The molecule has 0 atom stereocenters. The van der Waals surface area contributed by atoms with Gasteiger partial charge in [-0.3, -0.25) is 9.59 Å². The monoisotopic (exact) mass is 399 g/mol. The van der Waals surface area contributed by atoms with E-state index in [0.29, 0.717) is 22.8 Å². The number of hydrogen-bond donors (Lipinski definition) is 0. The van der Waals surface area contributed by atoms with Crippen LogP contribution in [0.15, 0.2) is 70.0 Å². The molecule has 1 fully saturated rings. The quantitative estimate of drug-likeness (QED) is 0.508. The number of furan rings is 1. The number of anilines is 1. The van der Waals surface area contributed by atoms with Crippen molar-refractivity contribution in [2.75, 3.05) is 4.90 Å². The van der Waals surface area contributed by atoms with Crippen LogP contribution >= 0.6 is 23.4 Å². The minimum absolute atomic E-state index is 0.00516. The zero-order valence-electron chi connectivity index (χ0n) is 13.7. The number of nitrogens with zero attached hydrogens (tertiary/aromatic N) is 1. The van der Waals surface area contributed by atoms with Crippen molar-refractivity contribution in [3.63, 3.8) is 0 Å². The SMILES string of the molecule is O=C1SC(=Cc2ccc(-c3ccc(F)c(Cl)c3)o2)C(=O)N1c1ccccc1. The second-order valence-corrected chi connectivity index (χ2v) is 7.08. The van der Waals surface area contributed by atoms with Gasteiger partial charge < -0.3 is 4.42 Å². The third-order valence-corrected chi connectivity index (χ3v) is 5.07. The maximum atomic E-state index is 13.3. The van der Waals surface area contributed by atoms with Crippen molar-refractivity contribution in [1.29, 1.82) is 0 Å². The number of carbonyl (C=O) groups excluding carboxylic acids is 2. The van der Waals surface area contributed by atoms with E-state index in [1.54, 1.807) is 42.5 Å². The molecule has 1 aliphatic rings. The van der Waals surface area contributed by atoms with Gasteiger partial charge >= 0.3 is 0 Å². The predicted octanol–water partition coefficient (Wildman–Crippen LogP) is 5.98. The van der Waals surface area contributed by atoms with E-state index in [2.05, 4.69) is 0 Å². The highest BCUT2D eigenvalue weighted by Crippen LogP contribution is 2.36. The van der Waals surface area contributed by atoms with Crippen LogP contribution in [0, 0.1) is 5.82 Å². The summed E-state index contributed by atoms with van der Waals surface area (Å²) in [6.45, 7) is 0. The standard InChI is InChI=1S/C20H11ClFNO3S/c21-15-10-12(6-8-16(15)22)17-9-7-14(26-17)11-18-19(24)23(20(25)27-18)13-4-2-1-3-5-13/h1-11H. The van der Waals surface area contributed by atoms with Gasteiger partial charge in [0.25, 0.3) is 11.1 Å². The third kappa shape index (κ3) is 3.41. The Morgan fingerprint density at radius 3 is 2.56 bits per heavy atom. The van der Waals surface area contributed by atoms with Gasteiger partial charge in [-0.15, -0.1) is 0 Å². The van der Waals surface area contributed by atoms with Crippen LogP contribution in [0.3, 0.4) is 0 Å². The van der Waals surface area contributed by atoms with E-state index in [-0.39, 0.29) is 15.2 Å². The molecule has 4 rings (SSSR count). The minimum atomic E-state index is -0.512. The fourth-order valence-electron chi connectivity index (χ4n) is 2.63. The zero-order valence-corrected chi connectivity index (χ0v) is 15.3. The molecule has 0 spiro atoms. The van der Waals surface area contributed by atoms with E-state index in [1.807, 2.05) is 6.07 Å². The molecule has 134 valence electrons. The summed E-state index contributed by atoms with van der Waals surface area (Å²) in [7, 11) is 0. The van der Waals surface area contributed by atoms with Crippen molar-refractivity contribution in [2.24, 2.45) is 0 Å². The molecule has 2 aromatic carbocycles. The van der Waals surface area contributed by atoms with E-state index in [1.165, 1.54) is 18.2 Å². The fraction of sp³-hybridized carbons (Fsp3) is 0. The van der Waals surface area contributed by atoms with Crippen molar-refractivity contribution in [3.05, 3.63) is 82.2 Å². The van der Waals surface area contributed by atoms with Crippen LogP contribution in [0.5, 0.6) is 0 Å². The lowest BCUT2D eigenvalue weighted by Crippen LogP contribution is -2.27. The summed E-state index contributed by atoms with van der Waals surface area (Å²) in [5.74, 6) is -0.0322. The number of rotatable bonds is 3. The number of imide groups is 1. The molecule has 0 bridgehead atoms. The van der Waals surface area contributed by atoms with E-state index in [4.69, 9.17) is 16.0 Å². The fourth-order valence-corrected chi connectivity index (χ4v) is 3.63. The van der Waals surface area contributed by atoms with E-state index in [9.17, 15) is 14.0 Å². The second-order valence-electron chi connectivity index (χ2n) is 5.68. The Labute approximate surface area is 163 Å². The number of carbonyl (C=O) groups is 2. The van der Waals surface area contributed by atoms with Gasteiger partial charge in [-0.25, -0.2) is 9.29 Å². The molecule has 27 heavy (non-hydrogen) atoms. The molecule has 1 aromatic heterocycles. The summed E-state index contributed by atoms with van der Waals surface area (Å²) in [4.78, 5) is 26.2. The molecule has 0 N–H and O–H groups in total. The van der Waals surface area contributed by atoms with Gasteiger partial charge in [0.1, 0.15) is 17.3 Å². The van der Waals surface area contributed by atoms with Gasteiger partial charge in [0, 0.05) is 11.6 Å². The summed E-state index contributed by atoms with van der Waals surface area (Å²) in [6.07, 6.45) is 1.52.